The number of thiazole rings is 1. The van der Waals surface area contributed by atoms with Gasteiger partial charge in [-0.2, -0.15) is 5.10 Å². The normalized spacial score (nSPS) is 10.8. The lowest BCUT2D eigenvalue weighted by Crippen LogP contribution is -2.15. The van der Waals surface area contributed by atoms with Crippen LogP contribution in [0.2, 0.25) is 10.0 Å². The zero-order valence-electron chi connectivity index (χ0n) is 13.0. The Hall–Kier alpha value is -1.74. The molecule has 0 radical (unpaired) electrons. The molecule has 1 amide bonds. The van der Waals surface area contributed by atoms with E-state index in [4.69, 9.17) is 35.4 Å². The molecule has 3 aromatic rings. The summed E-state index contributed by atoms with van der Waals surface area (Å²) in [4.78, 5) is 16.6. The standard InChI is InChI=1S/C15H13Cl2N5OS2/c1-22-12(20-21-15(22)24)5-8-7-25-14(18-8)19-13(23)6-9-10(16)3-2-4-11(9)17/h2-4,7H,5-6H2,1H3,(H,21,24)(H,18,19,23). The SMILES string of the molecule is Cn1c(Cc2csc(NC(=O)Cc3c(Cl)cccc3Cl)n2)n[nH]c1=S. The quantitative estimate of drug-likeness (QED) is 0.619. The first-order chi connectivity index (χ1) is 11.9. The van der Waals surface area contributed by atoms with Gasteiger partial charge in [-0.15, -0.1) is 11.3 Å². The van der Waals surface area contributed by atoms with Crippen molar-refractivity contribution in [2.75, 3.05) is 5.32 Å². The van der Waals surface area contributed by atoms with Gasteiger partial charge in [0.1, 0.15) is 5.82 Å². The molecule has 0 saturated carbocycles. The minimum absolute atomic E-state index is 0.0844. The van der Waals surface area contributed by atoms with Crippen LogP contribution < -0.4 is 5.32 Å². The molecule has 0 unspecified atom stereocenters. The highest BCUT2D eigenvalue weighted by Gasteiger charge is 2.13. The lowest BCUT2D eigenvalue weighted by Gasteiger charge is -2.06. The van der Waals surface area contributed by atoms with E-state index in [0.717, 1.165) is 11.5 Å². The van der Waals surface area contributed by atoms with Crippen LogP contribution in [0.15, 0.2) is 23.6 Å². The highest BCUT2D eigenvalue weighted by molar-refractivity contribution is 7.71. The number of halogens is 2. The summed E-state index contributed by atoms with van der Waals surface area (Å²) in [5.74, 6) is 0.546. The number of hydrogen-bond donors (Lipinski definition) is 2. The third-order valence-corrected chi connectivity index (χ3v) is 5.39. The molecule has 1 aromatic carbocycles. The molecule has 0 fully saturated rings. The molecule has 2 aromatic heterocycles. The Morgan fingerprint density at radius 2 is 2.12 bits per heavy atom. The van der Waals surface area contributed by atoms with Crippen molar-refractivity contribution in [3.63, 3.8) is 0 Å². The van der Waals surface area contributed by atoms with Crippen molar-refractivity contribution in [3.8, 4) is 0 Å². The molecular formula is C15H13Cl2N5OS2. The molecule has 0 aliphatic rings. The number of anilines is 1. The Bertz CT molecular complexity index is 958. The molecule has 2 heterocycles. The van der Waals surface area contributed by atoms with Gasteiger partial charge in [0.2, 0.25) is 5.91 Å². The first kappa shape index (κ1) is 18.1. The summed E-state index contributed by atoms with van der Waals surface area (Å²) in [6.45, 7) is 0. The van der Waals surface area contributed by atoms with Crippen molar-refractivity contribution in [2.45, 2.75) is 12.8 Å². The maximum Gasteiger partial charge on any atom is 0.230 e. The smallest absolute Gasteiger partial charge is 0.230 e. The van der Waals surface area contributed by atoms with E-state index in [2.05, 4.69) is 20.5 Å². The predicted octanol–water partition coefficient (Wildman–Crippen LogP) is 4.01. The Morgan fingerprint density at radius 3 is 2.76 bits per heavy atom. The lowest BCUT2D eigenvalue weighted by atomic mass is 10.1. The van der Waals surface area contributed by atoms with Crippen LogP contribution >= 0.6 is 46.8 Å². The topological polar surface area (TPSA) is 75.6 Å². The lowest BCUT2D eigenvalue weighted by molar-refractivity contribution is -0.115. The van der Waals surface area contributed by atoms with Crippen LogP contribution in [0.5, 0.6) is 0 Å². The highest BCUT2D eigenvalue weighted by Crippen LogP contribution is 2.25. The fraction of sp³-hybridized carbons (Fsp3) is 0.200. The molecule has 3 rings (SSSR count). The van der Waals surface area contributed by atoms with Gasteiger partial charge >= 0.3 is 0 Å². The summed E-state index contributed by atoms with van der Waals surface area (Å²) < 4.78 is 2.34. The first-order valence-electron chi connectivity index (χ1n) is 7.21. The van der Waals surface area contributed by atoms with Crippen LogP contribution in [0.1, 0.15) is 17.1 Å². The third-order valence-electron chi connectivity index (χ3n) is 3.51. The Kier molecular flexibility index (Phi) is 5.53. The molecule has 6 nitrogen and oxygen atoms in total. The monoisotopic (exact) mass is 413 g/mol. The van der Waals surface area contributed by atoms with Crippen LogP contribution in [-0.4, -0.2) is 25.7 Å². The van der Waals surface area contributed by atoms with Crippen molar-refractivity contribution < 1.29 is 4.79 Å². The zero-order chi connectivity index (χ0) is 18.0. The Morgan fingerprint density at radius 1 is 1.40 bits per heavy atom. The second-order valence-electron chi connectivity index (χ2n) is 5.25. The summed E-state index contributed by atoms with van der Waals surface area (Å²) in [5, 5.41) is 13.0. The number of benzene rings is 1. The average Bonchev–Trinajstić information content (AvgIpc) is 3.13. The number of rotatable bonds is 5. The van der Waals surface area contributed by atoms with Gasteiger partial charge in [-0.1, -0.05) is 29.3 Å². The molecule has 130 valence electrons. The number of nitrogens with zero attached hydrogens (tertiary/aromatic N) is 3. The minimum atomic E-state index is -0.228. The molecule has 0 spiro atoms. The van der Waals surface area contributed by atoms with Gasteiger partial charge in [0.25, 0.3) is 0 Å². The summed E-state index contributed by atoms with van der Waals surface area (Å²) in [5.41, 5.74) is 1.40. The van der Waals surface area contributed by atoms with Gasteiger partial charge in [0.05, 0.1) is 18.5 Å². The summed E-state index contributed by atoms with van der Waals surface area (Å²) in [6, 6.07) is 5.14. The van der Waals surface area contributed by atoms with E-state index in [1.54, 1.807) is 22.8 Å². The molecule has 0 aliphatic carbocycles. The zero-order valence-corrected chi connectivity index (χ0v) is 16.2. The predicted molar refractivity (Wildman–Crippen MR) is 102 cm³/mol. The average molecular weight is 414 g/mol. The van der Waals surface area contributed by atoms with E-state index in [0.29, 0.717) is 31.9 Å². The Balaban J connectivity index is 1.66. The number of amides is 1. The molecule has 25 heavy (non-hydrogen) atoms. The number of aromatic amines is 1. The molecule has 10 heteroatoms. The van der Waals surface area contributed by atoms with E-state index in [9.17, 15) is 4.79 Å². The largest absolute Gasteiger partial charge is 0.307 e. The number of hydrogen-bond acceptors (Lipinski definition) is 5. The fourth-order valence-corrected chi connectivity index (χ4v) is 3.58. The van der Waals surface area contributed by atoms with Gasteiger partial charge in [0.15, 0.2) is 9.90 Å². The second kappa shape index (κ2) is 7.65. The maximum absolute atomic E-state index is 12.2. The molecular weight excluding hydrogens is 401 g/mol. The van der Waals surface area contributed by atoms with Gasteiger partial charge in [-0.05, 0) is 29.9 Å². The number of carbonyl (C=O) groups excluding carboxylic acids is 1. The van der Waals surface area contributed by atoms with Crippen molar-refractivity contribution in [1.82, 2.24) is 19.7 Å². The molecule has 2 N–H and O–H groups in total. The van der Waals surface area contributed by atoms with E-state index in [-0.39, 0.29) is 12.3 Å². The van der Waals surface area contributed by atoms with Gasteiger partial charge in [-0.3, -0.25) is 9.89 Å². The highest BCUT2D eigenvalue weighted by atomic mass is 35.5. The number of carbonyl (C=O) groups is 1. The van der Waals surface area contributed by atoms with Crippen LogP contribution in [-0.2, 0) is 24.7 Å². The first-order valence-corrected chi connectivity index (χ1v) is 9.26. The fourth-order valence-electron chi connectivity index (χ4n) is 2.17. The van der Waals surface area contributed by atoms with Gasteiger partial charge < -0.3 is 9.88 Å². The van der Waals surface area contributed by atoms with E-state index < -0.39 is 0 Å². The van der Waals surface area contributed by atoms with Crippen molar-refractivity contribution >= 4 is 57.8 Å². The third kappa shape index (κ3) is 4.27. The maximum atomic E-state index is 12.2. The van der Waals surface area contributed by atoms with E-state index >= 15 is 0 Å². The van der Waals surface area contributed by atoms with Crippen molar-refractivity contribution in [1.29, 1.82) is 0 Å². The van der Waals surface area contributed by atoms with Crippen molar-refractivity contribution in [3.05, 3.63) is 55.5 Å². The van der Waals surface area contributed by atoms with Crippen molar-refractivity contribution in [2.24, 2.45) is 7.05 Å². The van der Waals surface area contributed by atoms with E-state index in [1.165, 1.54) is 11.3 Å². The molecule has 0 atom stereocenters. The van der Waals surface area contributed by atoms with Crippen LogP contribution in [0.25, 0.3) is 0 Å². The van der Waals surface area contributed by atoms with Crippen LogP contribution in [0, 0.1) is 4.77 Å². The Labute approximate surface area is 162 Å². The number of H-pyrrole nitrogens is 1. The summed E-state index contributed by atoms with van der Waals surface area (Å²) in [7, 11) is 1.84. The molecule has 0 saturated heterocycles. The molecule has 0 aliphatic heterocycles. The van der Waals surface area contributed by atoms with Gasteiger partial charge in [0, 0.05) is 22.5 Å². The summed E-state index contributed by atoms with van der Waals surface area (Å²) in [6.07, 6.45) is 0.605. The second-order valence-corrected chi connectivity index (χ2v) is 7.31. The van der Waals surface area contributed by atoms with Crippen LogP contribution in [0.3, 0.4) is 0 Å². The summed E-state index contributed by atoms with van der Waals surface area (Å²) >= 11 is 18.6. The van der Waals surface area contributed by atoms with Crippen LogP contribution in [0.4, 0.5) is 5.13 Å². The number of aromatic nitrogens is 4. The molecule has 0 bridgehead atoms. The minimum Gasteiger partial charge on any atom is -0.307 e. The van der Waals surface area contributed by atoms with E-state index in [1.807, 2.05) is 12.4 Å². The van der Waals surface area contributed by atoms with Gasteiger partial charge in [-0.25, -0.2) is 4.98 Å². The number of nitrogens with one attached hydrogen (secondary N) is 2.